The fraction of sp³-hybridized carbons (Fsp3) is 0.381. The average Bonchev–Trinajstić information content (AvgIpc) is 3.63. The first-order chi connectivity index (χ1) is 28.0. The molecule has 306 valence electrons. The minimum Gasteiger partial charge on any atom is -0.465 e. The zero-order valence-electron chi connectivity index (χ0n) is 32.9. The number of amidine groups is 1. The fourth-order valence-corrected chi connectivity index (χ4v) is 6.50. The van der Waals surface area contributed by atoms with Gasteiger partial charge in [0.25, 0.3) is 11.6 Å². The van der Waals surface area contributed by atoms with Crippen LogP contribution in [0.4, 0.5) is 10.5 Å². The number of esters is 1. The van der Waals surface area contributed by atoms with E-state index in [0.29, 0.717) is 31.4 Å². The second-order valence-corrected chi connectivity index (χ2v) is 13.8. The number of hydrogen-bond donors (Lipinski definition) is 2. The number of nitro benzene ring substituents is 1. The molecule has 1 unspecified atom stereocenters. The lowest BCUT2D eigenvalue weighted by Gasteiger charge is -2.30. The SMILES string of the molecule is CCCCC(CCC)ON(C(=N)c1ccc(C(=O)N[C@@H](Cc2ccc([N+](=O)[O-])cc2)C(=O)N2CCc3nn(CC(=O)OCC)cc3C2)cc1)C(=O)Oc1ccccc1. The van der Waals surface area contributed by atoms with E-state index in [1.807, 2.05) is 6.92 Å². The summed E-state index contributed by atoms with van der Waals surface area (Å²) in [6.45, 7) is 6.49. The van der Waals surface area contributed by atoms with Gasteiger partial charge in [-0.2, -0.15) is 5.10 Å². The first-order valence-electron chi connectivity index (χ1n) is 19.5. The summed E-state index contributed by atoms with van der Waals surface area (Å²) in [4.78, 5) is 71.9. The Hall–Kier alpha value is -6.42. The van der Waals surface area contributed by atoms with Gasteiger partial charge in [0.05, 0.1) is 23.3 Å². The number of non-ortho nitro benzene ring substituents is 1. The van der Waals surface area contributed by atoms with Crippen molar-refractivity contribution in [3.05, 3.63) is 123 Å². The Balaban J connectivity index is 1.34. The Labute approximate surface area is 336 Å². The van der Waals surface area contributed by atoms with Crippen molar-refractivity contribution in [1.82, 2.24) is 25.1 Å². The van der Waals surface area contributed by atoms with Crippen LogP contribution in [0.1, 0.15) is 85.6 Å². The lowest BCUT2D eigenvalue weighted by molar-refractivity contribution is -0.384. The Kier molecular flexibility index (Phi) is 15.2. The summed E-state index contributed by atoms with van der Waals surface area (Å²) in [7, 11) is 0. The molecule has 0 spiro atoms. The third-order valence-electron chi connectivity index (χ3n) is 9.49. The Morgan fingerprint density at radius 1 is 0.948 bits per heavy atom. The molecule has 1 aromatic heterocycles. The molecule has 1 aliphatic rings. The number of nitro groups is 1. The van der Waals surface area contributed by atoms with Crippen LogP contribution < -0.4 is 10.1 Å². The monoisotopic (exact) mass is 795 g/mol. The number of carbonyl (C=O) groups excluding carboxylic acids is 4. The number of unbranched alkanes of at least 4 members (excludes halogenated alkanes) is 1. The highest BCUT2D eigenvalue weighted by Gasteiger charge is 2.31. The number of nitrogens with zero attached hydrogens (tertiary/aromatic N) is 5. The molecular weight excluding hydrogens is 747 g/mol. The van der Waals surface area contributed by atoms with Crippen LogP contribution in [0.2, 0.25) is 0 Å². The summed E-state index contributed by atoms with van der Waals surface area (Å²) in [6, 6.07) is 19.2. The Bertz CT molecular complexity index is 2050. The molecule has 4 aromatic rings. The predicted molar refractivity (Wildman–Crippen MR) is 213 cm³/mol. The van der Waals surface area contributed by atoms with Crippen molar-refractivity contribution in [1.29, 1.82) is 5.41 Å². The number of nitrogens with one attached hydrogen (secondary N) is 2. The van der Waals surface area contributed by atoms with Crippen molar-refractivity contribution >= 4 is 35.4 Å². The number of hydrogen-bond acceptors (Lipinski definition) is 11. The first-order valence-corrected chi connectivity index (χ1v) is 19.5. The van der Waals surface area contributed by atoms with Gasteiger partial charge in [-0.05, 0) is 49.6 Å². The zero-order chi connectivity index (χ0) is 41.6. The zero-order valence-corrected chi connectivity index (χ0v) is 32.9. The first kappa shape index (κ1) is 42.7. The molecule has 2 atom stereocenters. The third-order valence-corrected chi connectivity index (χ3v) is 9.49. The molecule has 0 saturated heterocycles. The van der Waals surface area contributed by atoms with Crippen molar-refractivity contribution in [2.75, 3.05) is 13.2 Å². The van der Waals surface area contributed by atoms with E-state index in [-0.39, 0.29) is 66.5 Å². The maximum atomic E-state index is 14.1. The van der Waals surface area contributed by atoms with Crippen molar-refractivity contribution < 1.29 is 38.4 Å². The molecule has 0 aliphatic carbocycles. The summed E-state index contributed by atoms with van der Waals surface area (Å²) in [5.74, 6) is -1.37. The molecule has 2 heterocycles. The number of carbonyl (C=O) groups is 4. The van der Waals surface area contributed by atoms with E-state index in [9.17, 15) is 29.3 Å². The average molecular weight is 796 g/mol. The van der Waals surface area contributed by atoms with Crippen LogP contribution in [0.15, 0.2) is 85.1 Å². The maximum Gasteiger partial charge on any atom is 0.445 e. The number of ether oxygens (including phenoxy) is 2. The molecule has 0 saturated carbocycles. The van der Waals surface area contributed by atoms with Crippen LogP contribution in [0.5, 0.6) is 5.75 Å². The van der Waals surface area contributed by atoms with Gasteiger partial charge < -0.3 is 19.7 Å². The number of rotatable bonds is 18. The predicted octanol–water partition coefficient (Wildman–Crippen LogP) is 6.40. The van der Waals surface area contributed by atoms with Gasteiger partial charge in [0.1, 0.15) is 18.3 Å². The third kappa shape index (κ3) is 11.6. The number of amides is 3. The minimum absolute atomic E-state index is 0.0452. The highest BCUT2D eigenvalue weighted by molar-refractivity contribution is 6.05. The van der Waals surface area contributed by atoms with Crippen LogP contribution in [-0.4, -0.2) is 79.7 Å². The quantitative estimate of drug-likeness (QED) is 0.0374. The number of fused-ring (bicyclic) bond motifs is 1. The van der Waals surface area contributed by atoms with E-state index in [1.165, 1.54) is 41.1 Å². The minimum atomic E-state index is -1.06. The van der Waals surface area contributed by atoms with Crippen LogP contribution in [0, 0.1) is 15.5 Å². The summed E-state index contributed by atoms with van der Waals surface area (Å²) < 4.78 is 12.1. The highest BCUT2D eigenvalue weighted by Crippen LogP contribution is 2.22. The van der Waals surface area contributed by atoms with Gasteiger partial charge in [0.15, 0.2) is 5.84 Å². The highest BCUT2D eigenvalue weighted by atomic mass is 16.7. The van der Waals surface area contributed by atoms with E-state index in [4.69, 9.17) is 19.7 Å². The molecule has 16 heteroatoms. The van der Waals surface area contributed by atoms with Crippen molar-refractivity contribution in [2.45, 2.75) is 91.0 Å². The van der Waals surface area contributed by atoms with Gasteiger partial charge in [-0.15, -0.1) is 5.06 Å². The van der Waals surface area contributed by atoms with E-state index in [1.54, 1.807) is 60.5 Å². The molecular formula is C42H49N7O9. The van der Waals surface area contributed by atoms with Gasteiger partial charge >= 0.3 is 12.1 Å². The lowest BCUT2D eigenvalue weighted by atomic mass is 10.0. The normalized spacial score (nSPS) is 13.1. The van der Waals surface area contributed by atoms with Crippen molar-refractivity contribution in [3.8, 4) is 5.75 Å². The molecule has 0 radical (unpaired) electrons. The van der Waals surface area contributed by atoms with Crippen LogP contribution >= 0.6 is 0 Å². The topological polar surface area (TPSA) is 199 Å². The largest absolute Gasteiger partial charge is 0.465 e. The Morgan fingerprint density at radius 2 is 1.66 bits per heavy atom. The molecule has 0 bridgehead atoms. The summed E-state index contributed by atoms with van der Waals surface area (Å²) in [5.41, 5.74) is 2.47. The number of hydroxylamine groups is 2. The molecule has 5 rings (SSSR count). The second kappa shape index (κ2) is 20.7. The van der Waals surface area contributed by atoms with Crippen LogP contribution in [-0.2, 0) is 45.1 Å². The molecule has 3 amide bonds. The second-order valence-electron chi connectivity index (χ2n) is 13.8. The smallest absolute Gasteiger partial charge is 0.445 e. The Morgan fingerprint density at radius 3 is 2.31 bits per heavy atom. The molecule has 58 heavy (non-hydrogen) atoms. The molecule has 3 aromatic carbocycles. The number of benzene rings is 3. The summed E-state index contributed by atoms with van der Waals surface area (Å²) in [6.07, 6.45) is 4.92. The van der Waals surface area contributed by atoms with Crippen LogP contribution in [0.3, 0.4) is 0 Å². The number of para-hydroxylation sites is 1. The van der Waals surface area contributed by atoms with E-state index in [0.717, 1.165) is 35.6 Å². The van der Waals surface area contributed by atoms with Crippen molar-refractivity contribution in [2.24, 2.45) is 0 Å². The standard InChI is InChI=1S/C42H49N7O9/c1-4-7-12-35(11-5-2)58-48(42(53)57-34-13-9-8-10-14-34)39(43)30-17-19-31(20-18-30)40(51)44-37(25-29-15-21-33(22-16-29)49(54)55)41(52)46-24-23-36-32(26-46)27-47(45-36)28-38(50)56-6-3/h8-10,13-22,27,35,37,43H,4-7,11-12,23-26,28H2,1-3H3,(H,44,51)/t35?,37-/m0/s1. The van der Waals surface area contributed by atoms with Gasteiger partial charge in [0.2, 0.25) is 5.91 Å². The van der Waals surface area contributed by atoms with Crippen LogP contribution in [0.25, 0.3) is 0 Å². The van der Waals surface area contributed by atoms with Crippen molar-refractivity contribution in [3.63, 3.8) is 0 Å². The maximum absolute atomic E-state index is 14.1. The molecule has 1 aliphatic heterocycles. The number of aromatic nitrogens is 2. The molecule has 2 N–H and O–H groups in total. The van der Waals surface area contributed by atoms with E-state index in [2.05, 4.69) is 17.3 Å². The summed E-state index contributed by atoms with van der Waals surface area (Å²) in [5, 5.41) is 28.5. The van der Waals surface area contributed by atoms with Gasteiger partial charge in [-0.3, -0.25) is 39.4 Å². The molecule has 16 nitrogen and oxygen atoms in total. The van der Waals surface area contributed by atoms with E-state index >= 15 is 0 Å². The van der Waals surface area contributed by atoms with Gasteiger partial charge in [-0.1, -0.05) is 75.6 Å². The molecule has 0 fully saturated rings. The fourth-order valence-electron chi connectivity index (χ4n) is 6.50. The lowest BCUT2D eigenvalue weighted by Crippen LogP contribution is -2.50. The summed E-state index contributed by atoms with van der Waals surface area (Å²) >= 11 is 0. The van der Waals surface area contributed by atoms with Gasteiger partial charge in [-0.25, -0.2) is 4.79 Å². The van der Waals surface area contributed by atoms with E-state index < -0.39 is 28.9 Å². The van der Waals surface area contributed by atoms with Gasteiger partial charge in [0, 0.05) is 61.0 Å².